The van der Waals surface area contributed by atoms with Gasteiger partial charge in [-0.05, 0) is 69.0 Å². The molecule has 2 aromatic rings. The molecule has 0 heterocycles. The minimum absolute atomic E-state index is 0.124. The molecule has 1 aliphatic rings. The highest BCUT2D eigenvalue weighted by atomic mass is 16.5. The van der Waals surface area contributed by atoms with Gasteiger partial charge >= 0.3 is 0 Å². The maximum absolute atomic E-state index is 12.4. The fourth-order valence-electron chi connectivity index (χ4n) is 3.13. The van der Waals surface area contributed by atoms with Crippen molar-refractivity contribution in [1.82, 2.24) is 0 Å². The molecule has 2 aromatic carbocycles. The van der Waals surface area contributed by atoms with Crippen molar-refractivity contribution in [2.75, 3.05) is 17.7 Å². The quantitative estimate of drug-likeness (QED) is 0.771. The highest BCUT2D eigenvalue weighted by Gasteiger charge is 2.17. The highest BCUT2D eigenvalue weighted by Crippen LogP contribution is 2.26. The Morgan fingerprint density at radius 1 is 1.08 bits per heavy atom. The number of amides is 1. The second-order valence-electron chi connectivity index (χ2n) is 6.60. The molecule has 0 radical (unpaired) electrons. The zero-order chi connectivity index (χ0) is 18.4. The number of carbonyl (C=O) groups is 1. The lowest BCUT2D eigenvalue weighted by atomic mass is 10.2. The summed E-state index contributed by atoms with van der Waals surface area (Å²) in [5, 5.41) is 6.10. The Morgan fingerprint density at radius 2 is 1.77 bits per heavy atom. The first-order valence-corrected chi connectivity index (χ1v) is 9.13. The van der Waals surface area contributed by atoms with Crippen LogP contribution in [-0.2, 0) is 4.79 Å². The smallest absolute Gasteiger partial charge is 0.246 e. The van der Waals surface area contributed by atoms with E-state index in [4.69, 9.17) is 9.47 Å². The van der Waals surface area contributed by atoms with Crippen LogP contribution in [0.25, 0.3) is 0 Å². The Morgan fingerprint density at radius 3 is 2.46 bits per heavy atom. The Kier molecular flexibility index (Phi) is 6.00. The molecule has 138 valence electrons. The van der Waals surface area contributed by atoms with E-state index in [-0.39, 0.29) is 11.9 Å². The zero-order valence-electron chi connectivity index (χ0n) is 15.3. The number of hydrogen-bond donors (Lipinski definition) is 2. The second-order valence-corrected chi connectivity index (χ2v) is 6.60. The van der Waals surface area contributed by atoms with Gasteiger partial charge in [0.05, 0.1) is 18.9 Å². The normalized spacial score (nSPS) is 15.3. The average Bonchev–Trinajstić information content (AvgIpc) is 3.16. The third kappa shape index (κ3) is 4.69. The first-order chi connectivity index (χ1) is 12.7. The Labute approximate surface area is 154 Å². The SMILES string of the molecule is COc1ccccc1NC(=O)[C@@H](C)Nc1ccc(OC2CCCC2)cc1. The van der Waals surface area contributed by atoms with E-state index in [9.17, 15) is 4.79 Å². The van der Waals surface area contributed by atoms with Crippen LogP contribution in [0.3, 0.4) is 0 Å². The van der Waals surface area contributed by atoms with Gasteiger partial charge in [-0.3, -0.25) is 4.79 Å². The van der Waals surface area contributed by atoms with Gasteiger partial charge in [-0.25, -0.2) is 0 Å². The van der Waals surface area contributed by atoms with E-state index in [1.165, 1.54) is 12.8 Å². The fraction of sp³-hybridized carbons (Fsp3) is 0.381. The van der Waals surface area contributed by atoms with Crippen molar-refractivity contribution in [1.29, 1.82) is 0 Å². The van der Waals surface area contributed by atoms with Gasteiger partial charge in [-0.2, -0.15) is 0 Å². The van der Waals surface area contributed by atoms with Crippen LogP contribution in [-0.4, -0.2) is 25.2 Å². The number of benzene rings is 2. The van der Waals surface area contributed by atoms with Gasteiger partial charge < -0.3 is 20.1 Å². The molecule has 0 unspecified atom stereocenters. The zero-order valence-corrected chi connectivity index (χ0v) is 15.3. The molecule has 3 rings (SSSR count). The third-order valence-corrected chi connectivity index (χ3v) is 4.60. The molecule has 2 N–H and O–H groups in total. The van der Waals surface area contributed by atoms with Crippen LogP contribution >= 0.6 is 0 Å². The van der Waals surface area contributed by atoms with Crippen molar-refractivity contribution in [3.63, 3.8) is 0 Å². The van der Waals surface area contributed by atoms with E-state index < -0.39 is 0 Å². The highest BCUT2D eigenvalue weighted by molar-refractivity contribution is 5.97. The van der Waals surface area contributed by atoms with Crippen LogP contribution in [0.15, 0.2) is 48.5 Å². The summed E-state index contributed by atoms with van der Waals surface area (Å²) in [5.41, 5.74) is 1.54. The van der Waals surface area contributed by atoms with E-state index in [0.717, 1.165) is 24.3 Å². The van der Waals surface area contributed by atoms with Crippen LogP contribution in [0, 0.1) is 0 Å². The standard InChI is InChI=1S/C21H26N2O3/c1-15(21(24)23-19-9-5-6-10-20(19)25-2)22-16-11-13-18(14-12-16)26-17-7-3-4-8-17/h5-6,9-15,17,22H,3-4,7-8H2,1-2H3,(H,23,24)/t15-/m1/s1. The monoisotopic (exact) mass is 354 g/mol. The predicted molar refractivity (Wildman–Crippen MR) is 104 cm³/mol. The summed E-state index contributed by atoms with van der Waals surface area (Å²) in [6.45, 7) is 1.83. The van der Waals surface area contributed by atoms with Crippen LogP contribution in [0.2, 0.25) is 0 Å². The first-order valence-electron chi connectivity index (χ1n) is 9.13. The molecule has 0 saturated heterocycles. The van der Waals surface area contributed by atoms with Crippen LogP contribution in [0.5, 0.6) is 11.5 Å². The number of methoxy groups -OCH3 is 1. The Balaban J connectivity index is 1.55. The largest absolute Gasteiger partial charge is 0.495 e. The Hall–Kier alpha value is -2.69. The minimum Gasteiger partial charge on any atom is -0.495 e. The molecule has 0 spiro atoms. The number of ether oxygens (including phenoxy) is 2. The predicted octanol–water partition coefficient (Wildman–Crippen LogP) is 4.46. The lowest BCUT2D eigenvalue weighted by Crippen LogP contribution is -2.31. The number of nitrogens with one attached hydrogen (secondary N) is 2. The topological polar surface area (TPSA) is 59.6 Å². The van der Waals surface area contributed by atoms with Crippen LogP contribution in [0.4, 0.5) is 11.4 Å². The van der Waals surface area contributed by atoms with Gasteiger partial charge in [-0.1, -0.05) is 12.1 Å². The van der Waals surface area contributed by atoms with Gasteiger partial charge in [-0.15, -0.1) is 0 Å². The average molecular weight is 354 g/mol. The molecule has 5 nitrogen and oxygen atoms in total. The molecule has 0 aliphatic heterocycles. The van der Waals surface area contributed by atoms with Crippen molar-refractivity contribution >= 4 is 17.3 Å². The number of carbonyl (C=O) groups excluding carboxylic acids is 1. The summed E-state index contributed by atoms with van der Waals surface area (Å²) in [7, 11) is 1.59. The van der Waals surface area contributed by atoms with Gasteiger partial charge in [0, 0.05) is 5.69 Å². The van der Waals surface area contributed by atoms with Gasteiger partial charge in [0.2, 0.25) is 5.91 Å². The summed E-state index contributed by atoms with van der Waals surface area (Å²) in [6, 6.07) is 14.8. The molecule has 0 aromatic heterocycles. The van der Waals surface area contributed by atoms with Crippen molar-refractivity contribution in [3.05, 3.63) is 48.5 Å². The molecule has 1 amide bonds. The lowest BCUT2D eigenvalue weighted by molar-refractivity contribution is -0.116. The molecule has 0 bridgehead atoms. The van der Waals surface area contributed by atoms with E-state index in [0.29, 0.717) is 17.5 Å². The number of hydrogen-bond acceptors (Lipinski definition) is 4. The summed E-state index contributed by atoms with van der Waals surface area (Å²) >= 11 is 0. The minimum atomic E-state index is -0.387. The van der Waals surface area contributed by atoms with Crippen LogP contribution in [0.1, 0.15) is 32.6 Å². The van der Waals surface area contributed by atoms with Gasteiger partial charge in [0.15, 0.2) is 0 Å². The molecule has 1 aliphatic carbocycles. The van der Waals surface area contributed by atoms with E-state index in [2.05, 4.69) is 10.6 Å². The molecule has 1 fully saturated rings. The van der Waals surface area contributed by atoms with Gasteiger partial charge in [0.1, 0.15) is 17.5 Å². The van der Waals surface area contributed by atoms with Crippen molar-refractivity contribution in [2.45, 2.75) is 44.8 Å². The second kappa shape index (κ2) is 8.61. The van der Waals surface area contributed by atoms with E-state index >= 15 is 0 Å². The maximum atomic E-state index is 12.4. The van der Waals surface area contributed by atoms with Crippen molar-refractivity contribution in [2.24, 2.45) is 0 Å². The van der Waals surface area contributed by atoms with Crippen molar-refractivity contribution < 1.29 is 14.3 Å². The number of rotatable bonds is 7. The van der Waals surface area contributed by atoms with Crippen molar-refractivity contribution in [3.8, 4) is 11.5 Å². The summed E-state index contributed by atoms with van der Waals surface area (Å²) < 4.78 is 11.2. The van der Waals surface area contributed by atoms with Crippen LogP contribution < -0.4 is 20.1 Å². The molecule has 1 atom stereocenters. The fourth-order valence-corrected chi connectivity index (χ4v) is 3.13. The van der Waals surface area contributed by atoms with E-state index in [1.807, 2.05) is 55.5 Å². The maximum Gasteiger partial charge on any atom is 0.246 e. The first kappa shape index (κ1) is 18.1. The third-order valence-electron chi connectivity index (χ3n) is 4.60. The summed E-state index contributed by atoms with van der Waals surface area (Å²) in [6.07, 6.45) is 5.13. The lowest BCUT2D eigenvalue weighted by Gasteiger charge is -2.17. The molecule has 1 saturated carbocycles. The Bertz CT molecular complexity index is 724. The molecule has 5 heteroatoms. The molecular formula is C21H26N2O3. The van der Waals surface area contributed by atoms with E-state index in [1.54, 1.807) is 7.11 Å². The number of para-hydroxylation sites is 2. The number of anilines is 2. The summed E-state index contributed by atoms with van der Waals surface area (Å²) in [5.74, 6) is 1.40. The molecular weight excluding hydrogens is 328 g/mol. The van der Waals surface area contributed by atoms with Gasteiger partial charge in [0.25, 0.3) is 0 Å². The summed E-state index contributed by atoms with van der Waals surface area (Å²) in [4.78, 5) is 12.4. The molecule has 26 heavy (non-hydrogen) atoms.